The Morgan fingerprint density at radius 2 is 2.19 bits per heavy atom. The van der Waals surface area contributed by atoms with Crippen LogP contribution in [0.4, 0.5) is 0 Å². The molecule has 21 heavy (non-hydrogen) atoms. The smallest absolute Gasteiger partial charge is 0.173 e. The molecule has 0 aliphatic heterocycles. The summed E-state index contributed by atoms with van der Waals surface area (Å²) in [6.07, 6.45) is 2.51. The maximum Gasteiger partial charge on any atom is 0.173 e. The van der Waals surface area contributed by atoms with E-state index in [4.69, 9.17) is 20.4 Å². The van der Waals surface area contributed by atoms with Gasteiger partial charge in [0, 0.05) is 26.2 Å². The topological polar surface area (TPSA) is 80.3 Å². The van der Waals surface area contributed by atoms with Crippen molar-refractivity contribution in [1.29, 1.82) is 0 Å². The third kappa shape index (κ3) is 4.09. The van der Waals surface area contributed by atoms with E-state index in [-0.39, 0.29) is 5.84 Å². The fourth-order valence-corrected chi connectivity index (χ4v) is 2.37. The Morgan fingerprint density at radius 1 is 1.43 bits per heavy atom. The van der Waals surface area contributed by atoms with E-state index in [2.05, 4.69) is 10.1 Å². The van der Waals surface area contributed by atoms with Crippen LogP contribution in [0.2, 0.25) is 0 Å². The minimum atomic E-state index is 0.0526. The third-order valence-corrected chi connectivity index (χ3v) is 3.68. The van der Waals surface area contributed by atoms with Gasteiger partial charge >= 0.3 is 0 Å². The van der Waals surface area contributed by atoms with Crippen LogP contribution >= 0.6 is 0 Å². The zero-order chi connectivity index (χ0) is 15.2. The number of nitrogens with zero attached hydrogens (tertiary/aromatic N) is 2. The van der Waals surface area contributed by atoms with Crippen molar-refractivity contribution in [2.24, 2.45) is 10.9 Å². The van der Waals surface area contributed by atoms with Crippen molar-refractivity contribution >= 4 is 5.84 Å². The molecule has 0 spiro atoms. The Bertz CT molecular complexity index is 501. The highest BCUT2D eigenvalue weighted by Gasteiger charge is 2.28. The molecule has 0 saturated heterocycles. The molecule has 0 radical (unpaired) electrons. The third-order valence-electron chi connectivity index (χ3n) is 3.68. The van der Waals surface area contributed by atoms with Crippen LogP contribution in [0.3, 0.4) is 0 Å². The number of oxime groups is 1. The minimum absolute atomic E-state index is 0.0526. The normalized spacial score (nSPS) is 15.5. The van der Waals surface area contributed by atoms with Crippen molar-refractivity contribution in [3.8, 4) is 5.75 Å². The van der Waals surface area contributed by atoms with E-state index in [9.17, 15) is 0 Å². The molecule has 116 valence electrons. The van der Waals surface area contributed by atoms with E-state index in [0.29, 0.717) is 17.4 Å². The molecule has 6 heteroatoms. The monoisotopic (exact) mass is 293 g/mol. The average molecular weight is 293 g/mol. The second-order valence-corrected chi connectivity index (χ2v) is 5.21. The first-order valence-electron chi connectivity index (χ1n) is 7.07. The Morgan fingerprint density at radius 3 is 2.76 bits per heavy atom. The van der Waals surface area contributed by atoms with Gasteiger partial charge in [-0.15, -0.1) is 0 Å². The van der Waals surface area contributed by atoms with Gasteiger partial charge in [-0.1, -0.05) is 11.2 Å². The molecule has 3 N–H and O–H groups in total. The number of methoxy groups -OCH3 is 2. The molecule has 0 aromatic heterocycles. The van der Waals surface area contributed by atoms with Gasteiger partial charge in [0.15, 0.2) is 5.84 Å². The van der Waals surface area contributed by atoms with Crippen molar-refractivity contribution < 1.29 is 14.7 Å². The van der Waals surface area contributed by atoms with Crippen molar-refractivity contribution in [1.82, 2.24) is 4.90 Å². The molecule has 0 unspecified atom stereocenters. The standard InChI is InChI=1S/C15H23N3O3/c1-20-8-7-18(12-4-5-12)10-11-3-6-13(15(16)17-19)14(9-11)21-2/h3,6,9,12,19H,4-5,7-8,10H2,1-2H3,(H2,16,17). The predicted octanol–water partition coefficient (Wildman–Crippen LogP) is 1.40. The number of amidine groups is 1. The van der Waals surface area contributed by atoms with E-state index >= 15 is 0 Å². The Kier molecular flexibility index (Phi) is 5.41. The second-order valence-electron chi connectivity index (χ2n) is 5.21. The first-order chi connectivity index (χ1) is 10.2. The highest BCUT2D eigenvalue weighted by Crippen LogP contribution is 2.29. The summed E-state index contributed by atoms with van der Waals surface area (Å²) < 4.78 is 10.5. The molecule has 2 rings (SSSR count). The van der Waals surface area contributed by atoms with Crippen molar-refractivity contribution in [2.75, 3.05) is 27.4 Å². The molecule has 1 saturated carbocycles. The van der Waals surface area contributed by atoms with Gasteiger partial charge in [-0.2, -0.15) is 0 Å². The highest BCUT2D eigenvalue weighted by atomic mass is 16.5. The molecule has 1 aromatic rings. The van der Waals surface area contributed by atoms with Gasteiger partial charge in [0.1, 0.15) is 5.75 Å². The molecule has 0 bridgehead atoms. The van der Waals surface area contributed by atoms with E-state index < -0.39 is 0 Å². The molecule has 1 aliphatic carbocycles. The predicted molar refractivity (Wildman–Crippen MR) is 80.8 cm³/mol. The van der Waals surface area contributed by atoms with Crippen LogP contribution in [0.5, 0.6) is 5.75 Å². The van der Waals surface area contributed by atoms with E-state index in [1.807, 2.05) is 18.2 Å². The number of rotatable bonds is 8. The summed E-state index contributed by atoms with van der Waals surface area (Å²) in [5, 5.41) is 11.8. The van der Waals surface area contributed by atoms with Crippen LogP contribution in [0.15, 0.2) is 23.4 Å². The molecule has 0 atom stereocenters. The Balaban J connectivity index is 2.12. The molecule has 6 nitrogen and oxygen atoms in total. The summed E-state index contributed by atoms with van der Waals surface area (Å²) >= 11 is 0. The molecule has 1 aromatic carbocycles. The number of benzene rings is 1. The van der Waals surface area contributed by atoms with Crippen LogP contribution in [-0.2, 0) is 11.3 Å². The summed E-state index contributed by atoms with van der Waals surface area (Å²) in [6, 6.07) is 6.41. The molecule has 1 aliphatic rings. The lowest BCUT2D eigenvalue weighted by atomic mass is 10.1. The zero-order valence-corrected chi connectivity index (χ0v) is 12.6. The number of nitrogens with two attached hydrogens (primary N) is 1. The van der Waals surface area contributed by atoms with Crippen LogP contribution < -0.4 is 10.5 Å². The molecule has 0 heterocycles. The molecule has 0 amide bonds. The van der Waals surface area contributed by atoms with Crippen molar-refractivity contribution in [3.05, 3.63) is 29.3 Å². The van der Waals surface area contributed by atoms with Crippen LogP contribution in [0.1, 0.15) is 24.0 Å². The van der Waals surface area contributed by atoms with Gasteiger partial charge in [0.25, 0.3) is 0 Å². The lowest BCUT2D eigenvalue weighted by Gasteiger charge is -2.22. The second kappa shape index (κ2) is 7.28. The number of hydrogen-bond acceptors (Lipinski definition) is 5. The summed E-state index contributed by atoms with van der Waals surface area (Å²) in [5.41, 5.74) is 7.38. The van der Waals surface area contributed by atoms with Crippen LogP contribution in [0, 0.1) is 0 Å². The molecule has 1 fully saturated rings. The van der Waals surface area contributed by atoms with Gasteiger partial charge in [0.05, 0.1) is 19.3 Å². The first-order valence-corrected chi connectivity index (χ1v) is 7.07. The van der Waals surface area contributed by atoms with Crippen LogP contribution in [-0.4, -0.2) is 49.4 Å². The Labute approximate surface area is 125 Å². The first kappa shape index (κ1) is 15.6. The average Bonchev–Trinajstić information content (AvgIpc) is 3.35. The number of hydrogen-bond donors (Lipinski definition) is 2. The minimum Gasteiger partial charge on any atom is -0.496 e. The fourth-order valence-electron chi connectivity index (χ4n) is 2.37. The summed E-state index contributed by atoms with van der Waals surface area (Å²) in [7, 11) is 3.30. The summed E-state index contributed by atoms with van der Waals surface area (Å²) in [6.45, 7) is 2.50. The summed E-state index contributed by atoms with van der Waals surface area (Å²) in [5.74, 6) is 0.669. The lowest BCUT2D eigenvalue weighted by molar-refractivity contribution is 0.139. The SMILES string of the molecule is COCCN(Cc1ccc(/C(N)=N/O)c(OC)c1)C1CC1. The fraction of sp³-hybridized carbons (Fsp3) is 0.533. The quantitative estimate of drug-likeness (QED) is 0.328. The van der Waals surface area contributed by atoms with Gasteiger partial charge in [-0.05, 0) is 30.5 Å². The molecular weight excluding hydrogens is 270 g/mol. The van der Waals surface area contributed by atoms with Gasteiger partial charge in [-0.3, -0.25) is 4.90 Å². The van der Waals surface area contributed by atoms with E-state index in [1.54, 1.807) is 14.2 Å². The van der Waals surface area contributed by atoms with Crippen molar-refractivity contribution in [2.45, 2.75) is 25.4 Å². The maximum absolute atomic E-state index is 8.79. The summed E-state index contributed by atoms with van der Waals surface area (Å²) in [4.78, 5) is 2.42. The lowest BCUT2D eigenvalue weighted by Crippen LogP contribution is -2.29. The maximum atomic E-state index is 8.79. The highest BCUT2D eigenvalue weighted by molar-refractivity contribution is 5.99. The van der Waals surface area contributed by atoms with E-state index in [1.165, 1.54) is 12.8 Å². The van der Waals surface area contributed by atoms with Crippen molar-refractivity contribution in [3.63, 3.8) is 0 Å². The van der Waals surface area contributed by atoms with Gasteiger partial charge in [0.2, 0.25) is 0 Å². The largest absolute Gasteiger partial charge is 0.496 e. The van der Waals surface area contributed by atoms with E-state index in [0.717, 1.165) is 25.3 Å². The zero-order valence-electron chi connectivity index (χ0n) is 12.6. The van der Waals surface area contributed by atoms with Gasteiger partial charge in [-0.25, -0.2) is 0 Å². The Hall–Kier alpha value is -1.79. The van der Waals surface area contributed by atoms with Crippen LogP contribution in [0.25, 0.3) is 0 Å². The number of ether oxygens (including phenoxy) is 2. The van der Waals surface area contributed by atoms with Gasteiger partial charge < -0.3 is 20.4 Å². The molecular formula is C15H23N3O3.